The van der Waals surface area contributed by atoms with E-state index in [9.17, 15) is 4.79 Å². The minimum absolute atomic E-state index is 0.266. The number of nitrogen functional groups attached to an aromatic ring is 1. The highest BCUT2D eigenvalue weighted by Gasteiger charge is 2.30. The Labute approximate surface area is 117 Å². The van der Waals surface area contributed by atoms with Gasteiger partial charge in [-0.05, 0) is 31.1 Å². The van der Waals surface area contributed by atoms with E-state index in [1.807, 2.05) is 33.6 Å². The van der Waals surface area contributed by atoms with Gasteiger partial charge in [-0.1, -0.05) is 0 Å². The molecule has 1 unspecified atom stereocenters. The Morgan fingerprint density at radius 2 is 2.16 bits per heavy atom. The van der Waals surface area contributed by atoms with Crippen LogP contribution in [0.25, 0.3) is 0 Å². The molecule has 3 rings (SSSR count). The molecule has 0 radical (unpaired) electrons. The van der Waals surface area contributed by atoms with Gasteiger partial charge in [0, 0.05) is 31.0 Å². The van der Waals surface area contributed by atoms with E-state index >= 15 is 0 Å². The molecular formula is C13H20N4OS. The predicted molar refractivity (Wildman–Crippen MR) is 76.9 cm³/mol. The number of likely N-dealkylation sites (tertiary alicyclic amines) is 1. The zero-order chi connectivity index (χ0) is 13.2. The summed E-state index contributed by atoms with van der Waals surface area (Å²) >= 11 is 1.90. The van der Waals surface area contributed by atoms with Gasteiger partial charge >= 0.3 is 0 Å². The van der Waals surface area contributed by atoms with E-state index in [1.54, 1.807) is 0 Å². The van der Waals surface area contributed by atoms with Gasteiger partial charge in [-0.15, -0.1) is 0 Å². The summed E-state index contributed by atoms with van der Waals surface area (Å²) in [6.45, 7) is 1.70. The maximum Gasteiger partial charge on any atom is 0.226 e. The van der Waals surface area contributed by atoms with Crippen LogP contribution in [0.15, 0.2) is 12.3 Å². The highest BCUT2D eigenvalue weighted by atomic mass is 32.2. The first-order valence-corrected chi connectivity index (χ1v) is 8.06. The highest BCUT2D eigenvalue weighted by molar-refractivity contribution is 7.99. The number of hydrogen-bond acceptors (Lipinski definition) is 4. The highest BCUT2D eigenvalue weighted by Crippen LogP contribution is 2.28. The molecule has 2 N–H and O–H groups in total. The standard InChI is InChI=1S/C13H20N4OS/c14-12-3-7-17(15-12)11-1-5-16(6-2-11)13(18)10-4-8-19-9-10/h3,7,10-11H,1-2,4-6,8-9H2,(H2,14,15). The van der Waals surface area contributed by atoms with E-state index in [0.717, 1.165) is 43.9 Å². The fourth-order valence-corrected chi connectivity index (χ4v) is 4.11. The van der Waals surface area contributed by atoms with E-state index in [4.69, 9.17) is 5.73 Å². The normalized spacial score (nSPS) is 24.8. The molecule has 1 atom stereocenters. The van der Waals surface area contributed by atoms with Crippen LogP contribution in [-0.4, -0.2) is 45.2 Å². The van der Waals surface area contributed by atoms with E-state index < -0.39 is 0 Å². The van der Waals surface area contributed by atoms with Crippen LogP contribution in [-0.2, 0) is 4.79 Å². The Morgan fingerprint density at radius 1 is 1.37 bits per heavy atom. The molecule has 1 aromatic rings. The molecule has 3 heterocycles. The van der Waals surface area contributed by atoms with Crippen molar-refractivity contribution in [2.24, 2.45) is 5.92 Å². The number of amides is 1. The van der Waals surface area contributed by atoms with Crippen molar-refractivity contribution in [1.29, 1.82) is 0 Å². The van der Waals surface area contributed by atoms with Gasteiger partial charge in [0.1, 0.15) is 5.82 Å². The first-order valence-electron chi connectivity index (χ1n) is 6.91. The Hall–Kier alpha value is -1.17. The average Bonchev–Trinajstić information content (AvgIpc) is 3.09. The first kappa shape index (κ1) is 12.8. The molecule has 5 nitrogen and oxygen atoms in total. The summed E-state index contributed by atoms with van der Waals surface area (Å²) in [5, 5.41) is 4.27. The van der Waals surface area contributed by atoms with Crippen LogP contribution < -0.4 is 5.73 Å². The zero-order valence-corrected chi connectivity index (χ0v) is 11.8. The number of anilines is 1. The number of nitrogens with zero attached hydrogens (tertiary/aromatic N) is 3. The number of hydrogen-bond donors (Lipinski definition) is 1. The second-order valence-electron chi connectivity index (χ2n) is 5.34. The zero-order valence-electron chi connectivity index (χ0n) is 11.0. The van der Waals surface area contributed by atoms with Crippen molar-refractivity contribution >= 4 is 23.5 Å². The Balaban J connectivity index is 1.55. The lowest BCUT2D eigenvalue weighted by Crippen LogP contribution is -2.42. The second-order valence-corrected chi connectivity index (χ2v) is 6.49. The van der Waals surface area contributed by atoms with Crippen molar-refractivity contribution < 1.29 is 4.79 Å². The largest absolute Gasteiger partial charge is 0.382 e. The lowest BCUT2D eigenvalue weighted by molar-refractivity contribution is -0.136. The molecule has 0 bridgehead atoms. The third-order valence-electron chi connectivity index (χ3n) is 4.06. The van der Waals surface area contributed by atoms with Gasteiger partial charge < -0.3 is 10.6 Å². The van der Waals surface area contributed by atoms with Gasteiger partial charge in [-0.25, -0.2) is 0 Å². The second kappa shape index (κ2) is 5.45. The predicted octanol–water partition coefficient (Wildman–Crippen LogP) is 1.38. The molecule has 2 aliphatic rings. The number of piperidine rings is 1. The number of aromatic nitrogens is 2. The molecular weight excluding hydrogens is 260 g/mol. The fourth-order valence-electron chi connectivity index (χ4n) is 2.89. The molecule has 0 aromatic carbocycles. The third-order valence-corrected chi connectivity index (χ3v) is 5.22. The lowest BCUT2D eigenvalue weighted by atomic mass is 10.0. The summed E-state index contributed by atoms with van der Waals surface area (Å²) < 4.78 is 1.95. The summed E-state index contributed by atoms with van der Waals surface area (Å²) in [6, 6.07) is 2.21. The summed E-state index contributed by atoms with van der Waals surface area (Å²) in [6.07, 6.45) is 4.95. The molecule has 0 spiro atoms. The van der Waals surface area contributed by atoms with Crippen LogP contribution in [0, 0.1) is 5.92 Å². The van der Waals surface area contributed by atoms with Crippen molar-refractivity contribution in [3.05, 3.63) is 12.3 Å². The minimum atomic E-state index is 0.266. The van der Waals surface area contributed by atoms with Crippen molar-refractivity contribution in [3.8, 4) is 0 Å². The van der Waals surface area contributed by atoms with Gasteiger partial charge in [0.15, 0.2) is 0 Å². The van der Waals surface area contributed by atoms with E-state index in [1.165, 1.54) is 0 Å². The topological polar surface area (TPSA) is 64.2 Å². The molecule has 1 aromatic heterocycles. The van der Waals surface area contributed by atoms with Crippen molar-refractivity contribution in [3.63, 3.8) is 0 Å². The summed E-state index contributed by atoms with van der Waals surface area (Å²) in [4.78, 5) is 14.4. The van der Waals surface area contributed by atoms with Gasteiger partial charge in [-0.3, -0.25) is 9.48 Å². The Kier molecular flexibility index (Phi) is 3.68. The molecule has 2 saturated heterocycles. The quantitative estimate of drug-likeness (QED) is 0.889. The van der Waals surface area contributed by atoms with Crippen LogP contribution in [0.2, 0.25) is 0 Å². The minimum Gasteiger partial charge on any atom is -0.382 e. The third kappa shape index (κ3) is 2.73. The summed E-state index contributed by atoms with van der Waals surface area (Å²) in [7, 11) is 0. The summed E-state index contributed by atoms with van der Waals surface area (Å²) in [5.41, 5.74) is 5.64. The van der Waals surface area contributed by atoms with Crippen LogP contribution in [0.4, 0.5) is 5.82 Å². The molecule has 2 fully saturated rings. The number of carbonyl (C=O) groups excluding carboxylic acids is 1. The Bertz CT molecular complexity index is 447. The molecule has 0 saturated carbocycles. The molecule has 2 aliphatic heterocycles. The summed E-state index contributed by atoms with van der Waals surface area (Å²) in [5.74, 6) is 3.35. The van der Waals surface area contributed by atoms with Crippen LogP contribution >= 0.6 is 11.8 Å². The van der Waals surface area contributed by atoms with Gasteiger partial charge in [-0.2, -0.15) is 16.9 Å². The van der Waals surface area contributed by atoms with E-state index in [-0.39, 0.29) is 5.92 Å². The number of carbonyl (C=O) groups is 1. The number of nitrogens with two attached hydrogens (primary N) is 1. The van der Waals surface area contributed by atoms with E-state index in [0.29, 0.717) is 17.8 Å². The molecule has 0 aliphatic carbocycles. The van der Waals surface area contributed by atoms with Gasteiger partial charge in [0.2, 0.25) is 5.91 Å². The maximum atomic E-state index is 12.3. The van der Waals surface area contributed by atoms with Crippen molar-refractivity contribution in [1.82, 2.24) is 14.7 Å². The Morgan fingerprint density at radius 3 is 2.74 bits per heavy atom. The van der Waals surface area contributed by atoms with Crippen molar-refractivity contribution in [2.75, 3.05) is 30.3 Å². The smallest absolute Gasteiger partial charge is 0.226 e. The molecule has 19 heavy (non-hydrogen) atoms. The molecule has 6 heteroatoms. The lowest BCUT2D eigenvalue weighted by Gasteiger charge is -2.33. The number of thioether (sulfide) groups is 1. The van der Waals surface area contributed by atoms with Crippen LogP contribution in [0.3, 0.4) is 0 Å². The van der Waals surface area contributed by atoms with Crippen LogP contribution in [0.1, 0.15) is 25.3 Å². The average molecular weight is 280 g/mol. The van der Waals surface area contributed by atoms with Crippen molar-refractivity contribution in [2.45, 2.75) is 25.3 Å². The molecule has 1 amide bonds. The molecule has 104 valence electrons. The number of rotatable bonds is 2. The van der Waals surface area contributed by atoms with E-state index in [2.05, 4.69) is 5.10 Å². The maximum absolute atomic E-state index is 12.3. The fraction of sp³-hybridized carbons (Fsp3) is 0.692. The first-order chi connectivity index (χ1) is 9.24. The van der Waals surface area contributed by atoms with Gasteiger partial charge in [0.25, 0.3) is 0 Å². The monoisotopic (exact) mass is 280 g/mol. The SMILES string of the molecule is Nc1ccn(C2CCN(C(=O)C3CCSC3)CC2)n1. The van der Waals surface area contributed by atoms with Crippen LogP contribution in [0.5, 0.6) is 0 Å². The van der Waals surface area contributed by atoms with Gasteiger partial charge in [0.05, 0.1) is 6.04 Å².